The first-order valence-corrected chi connectivity index (χ1v) is 7.93. The van der Waals surface area contributed by atoms with Crippen LogP contribution in [0.15, 0.2) is 18.2 Å². The summed E-state index contributed by atoms with van der Waals surface area (Å²) < 4.78 is 14.4. The van der Waals surface area contributed by atoms with E-state index in [1.54, 1.807) is 12.1 Å². The number of anilines is 2. The summed E-state index contributed by atoms with van der Waals surface area (Å²) in [6.45, 7) is 1.50. The summed E-state index contributed by atoms with van der Waals surface area (Å²) in [5.41, 5.74) is 6.97. The van der Waals surface area contributed by atoms with Crippen LogP contribution >= 0.6 is 0 Å². The van der Waals surface area contributed by atoms with E-state index in [2.05, 4.69) is 10.6 Å². The lowest BCUT2D eigenvalue weighted by atomic mass is 10.0. The van der Waals surface area contributed by atoms with Gasteiger partial charge in [0.05, 0.1) is 5.69 Å². The van der Waals surface area contributed by atoms with Crippen molar-refractivity contribution in [3.63, 3.8) is 0 Å². The Morgan fingerprint density at radius 1 is 1.22 bits per heavy atom. The Balaban J connectivity index is 1.67. The van der Waals surface area contributed by atoms with Gasteiger partial charge in [-0.2, -0.15) is 0 Å². The van der Waals surface area contributed by atoms with Crippen LogP contribution in [0.3, 0.4) is 0 Å². The number of nitrogens with one attached hydrogen (secondary N) is 2. The lowest BCUT2D eigenvalue weighted by Gasteiger charge is -2.32. The second kappa shape index (κ2) is 6.54. The van der Waals surface area contributed by atoms with Crippen LogP contribution in [0.4, 0.5) is 15.8 Å². The molecule has 2 amide bonds. The highest BCUT2D eigenvalue weighted by Crippen LogP contribution is 2.26. The highest BCUT2D eigenvalue weighted by Gasteiger charge is 2.26. The summed E-state index contributed by atoms with van der Waals surface area (Å²) in [4.78, 5) is 24.9. The number of hydrogen-bond donors (Lipinski definition) is 3. The maximum absolute atomic E-state index is 14.4. The van der Waals surface area contributed by atoms with Crippen molar-refractivity contribution in [2.75, 3.05) is 23.3 Å². The number of imide groups is 1. The number of nitrogens with zero attached hydrogens (tertiary/aromatic N) is 1. The van der Waals surface area contributed by atoms with E-state index >= 15 is 0 Å². The van der Waals surface area contributed by atoms with E-state index in [9.17, 15) is 14.0 Å². The third-order valence-corrected chi connectivity index (χ3v) is 4.41. The Kier molecular flexibility index (Phi) is 4.47. The molecule has 0 bridgehead atoms. The highest BCUT2D eigenvalue weighted by atomic mass is 19.1. The number of hydrogen-bond acceptors (Lipinski definition) is 5. The molecule has 6 nitrogen and oxygen atoms in total. The predicted octanol–water partition coefficient (Wildman–Crippen LogP) is 0.970. The number of benzene rings is 1. The maximum Gasteiger partial charge on any atom is 0.249 e. The SMILES string of the molecule is NC1CCN(c2ccc(NC3CCC(=O)NC3=O)cc2F)CC1. The molecule has 3 rings (SSSR count). The fraction of sp³-hybridized carbons (Fsp3) is 0.500. The molecule has 1 aromatic rings. The summed E-state index contributed by atoms with van der Waals surface area (Å²) in [6, 6.07) is 4.57. The fourth-order valence-corrected chi connectivity index (χ4v) is 3.03. The summed E-state index contributed by atoms with van der Waals surface area (Å²) in [6.07, 6.45) is 2.42. The van der Waals surface area contributed by atoms with Crippen molar-refractivity contribution < 1.29 is 14.0 Å². The molecule has 0 spiro atoms. The molecule has 0 radical (unpaired) electrons. The zero-order valence-corrected chi connectivity index (χ0v) is 12.8. The van der Waals surface area contributed by atoms with Crippen LogP contribution in [0.25, 0.3) is 0 Å². The van der Waals surface area contributed by atoms with E-state index in [-0.39, 0.29) is 30.1 Å². The van der Waals surface area contributed by atoms with Crippen LogP contribution in [0.5, 0.6) is 0 Å². The standard InChI is InChI=1S/C16H21FN4O2/c17-12-9-11(19-13-2-4-15(22)20-16(13)23)1-3-14(12)21-7-5-10(18)6-8-21/h1,3,9-10,13,19H,2,4-8,18H2,(H,20,22,23). The van der Waals surface area contributed by atoms with E-state index in [0.717, 1.165) is 25.9 Å². The molecular formula is C16H21FN4O2. The van der Waals surface area contributed by atoms with Gasteiger partial charge in [0.15, 0.2) is 0 Å². The van der Waals surface area contributed by atoms with Crippen molar-refractivity contribution in [1.29, 1.82) is 0 Å². The average molecular weight is 320 g/mol. The number of carbonyl (C=O) groups is 2. The Hall–Kier alpha value is -2.15. The van der Waals surface area contributed by atoms with Crippen LogP contribution < -0.4 is 21.3 Å². The Bertz CT molecular complexity index is 614. The molecule has 0 aromatic heterocycles. The lowest BCUT2D eigenvalue weighted by Crippen LogP contribution is -2.47. The third-order valence-electron chi connectivity index (χ3n) is 4.41. The normalized spacial score (nSPS) is 22.9. The van der Waals surface area contributed by atoms with Crippen molar-refractivity contribution in [3.05, 3.63) is 24.0 Å². The van der Waals surface area contributed by atoms with Crippen molar-refractivity contribution in [2.45, 2.75) is 37.8 Å². The zero-order chi connectivity index (χ0) is 16.4. The number of piperidine rings is 2. The topological polar surface area (TPSA) is 87.5 Å². The number of nitrogens with two attached hydrogens (primary N) is 1. The molecule has 1 aromatic carbocycles. The monoisotopic (exact) mass is 320 g/mol. The molecule has 4 N–H and O–H groups in total. The van der Waals surface area contributed by atoms with Crippen molar-refractivity contribution in [1.82, 2.24) is 5.32 Å². The molecule has 1 unspecified atom stereocenters. The molecule has 1 atom stereocenters. The summed E-state index contributed by atoms with van der Waals surface area (Å²) in [5, 5.41) is 5.26. The molecule has 2 aliphatic heterocycles. The molecule has 2 fully saturated rings. The lowest BCUT2D eigenvalue weighted by molar-refractivity contribution is -0.133. The van der Waals surface area contributed by atoms with E-state index in [1.807, 2.05) is 4.90 Å². The van der Waals surface area contributed by atoms with Crippen molar-refractivity contribution in [3.8, 4) is 0 Å². The highest BCUT2D eigenvalue weighted by molar-refractivity contribution is 6.01. The van der Waals surface area contributed by atoms with Gasteiger partial charge in [-0.1, -0.05) is 0 Å². The van der Waals surface area contributed by atoms with Gasteiger partial charge in [0.2, 0.25) is 11.8 Å². The predicted molar refractivity (Wildman–Crippen MR) is 85.6 cm³/mol. The molecular weight excluding hydrogens is 299 g/mol. The second-order valence-electron chi connectivity index (χ2n) is 6.14. The molecule has 2 saturated heterocycles. The van der Waals surface area contributed by atoms with Gasteiger partial charge in [-0.05, 0) is 37.5 Å². The van der Waals surface area contributed by atoms with Crippen LogP contribution in [0.1, 0.15) is 25.7 Å². The Morgan fingerprint density at radius 2 is 1.96 bits per heavy atom. The van der Waals surface area contributed by atoms with E-state index < -0.39 is 6.04 Å². The Morgan fingerprint density at radius 3 is 2.61 bits per heavy atom. The number of amides is 2. The average Bonchev–Trinajstić information content (AvgIpc) is 2.51. The van der Waals surface area contributed by atoms with Crippen molar-refractivity contribution in [2.24, 2.45) is 5.73 Å². The van der Waals surface area contributed by atoms with E-state index in [0.29, 0.717) is 17.8 Å². The molecule has 2 heterocycles. The molecule has 0 saturated carbocycles. The summed E-state index contributed by atoms with van der Waals surface area (Å²) >= 11 is 0. The smallest absolute Gasteiger partial charge is 0.249 e. The quantitative estimate of drug-likeness (QED) is 0.723. The minimum absolute atomic E-state index is 0.197. The van der Waals surface area contributed by atoms with Gasteiger partial charge in [-0.15, -0.1) is 0 Å². The van der Waals surface area contributed by atoms with Gasteiger partial charge in [0, 0.05) is 31.2 Å². The van der Waals surface area contributed by atoms with Gasteiger partial charge >= 0.3 is 0 Å². The van der Waals surface area contributed by atoms with Crippen LogP contribution in [-0.4, -0.2) is 37.0 Å². The Labute approximate surface area is 134 Å². The number of carbonyl (C=O) groups excluding carboxylic acids is 2. The van der Waals surface area contributed by atoms with Gasteiger partial charge < -0.3 is 16.0 Å². The first-order chi connectivity index (χ1) is 11.0. The molecule has 124 valence electrons. The van der Waals surface area contributed by atoms with Gasteiger partial charge in [0.1, 0.15) is 11.9 Å². The maximum atomic E-state index is 14.4. The van der Waals surface area contributed by atoms with Crippen molar-refractivity contribution >= 4 is 23.2 Å². The number of halogens is 1. The first-order valence-electron chi connectivity index (χ1n) is 7.93. The fourth-order valence-electron chi connectivity index (χ4n) is 3.03. The minimum atomic E-state index is -0.508. The van der Waals surface area contributed by atoms with Crippen LogP contribution in [0, 0.1) is 5.82 Å². The van der Waals surface area contributed by atoms with Gasteiger partial charge in [0.25, 0.3) is 0 Å². The summed E-state index contributed by atoms with van der Waals surface area (Å²) in [5.74, 6) is -0.952. The minimum Gasteiger partial charge on any atom is -0.374 e. The van der Waals surface area contributed by atoms with Gasteiger partial charge in [-0.3, -0.25) is 14.9 Å². The zero-order valence-electron chi connectivity index (χ0n) is 12.8. The van der Waals surface area contributed by atoms with Crippen LogP contribution in [0.2, 0.25) is 0 Å². The molecule has 0 aliphatic carbocycles. The molecule has 7 heteroatoms. The second-order valence-corrected chi connectivity index (χ2v) is 6.14. The summed E-state index contributed by atoms with van der Waals surface area (Å²) in [7, 11) is 0. The van der Waals surface area contributed by atoms with E-state index in [4.69, 9.17) is 5.73 Å². The molecule has 23 heavy (non-hydrogen) atoms. The molecule has 2 aliphatic rings. The largest absolute Gasteiger partial charge is 0.374 e. The van der Waals surface area contributed by atoms with Gasteiger partial charge in [-0.25, -0.2) is 4.39 Å². The first kappa shape index (κ1) is 15.7. The third kappa shape index (κ3) is 3.61. The van der Waals surface area contributed by atoms with Crippen LogP contribution in [-0.2, 0) is 9.59 Å². The number of rotatable bonds is 3. The van der Waals surface area contributed by atoms with E-state index in [1.165, 1.54) is 6.07 Å².